The molecule has 1 amide bonds. The molecule has 2 aromatic heterocycles. The van der Waals surface area contributed by atoms with Crippen molar-refractivity contribution in [3.05, 3.63) is 69.8 Å². The number of fused-ring (bicyclic) bond motifs is 2. The second-order valence-corrected chi connectivity index (χ2v) is 8.17. The van der Waals surface area contributed by atoms with E-state index in [1.165, 1.54) is 6.07 Å². The molecular weight excluding hydrogens is 406 g/mol. The summed E-state index contributed by atoms with van der Waals surface area (Å²) in [7, 11) is 1.56. The summed E-state index contributed by atoms with van der Waals surface area (Å²) in [5, 5.41) is 3.84. The summed E-state index contributed by atoms with van der Waals surface area (Å²) < 4.78 is 12.9. The van der Waals surface area contributed by atoms with Gasteiger partial charge in [0.1, 0.15) is 17.2 Å². The van der Waals surface area contributed by atoms with Crippen molar-refractivity contribution in [2.24, 2.45) is 0 Å². The summed E-state index contributed by atoms with van der Waals surface area (Å²) in [6, 6.07) is 13.3. The number of rotatable bonds is 7. The second kappa shape index (κ2) is 8.86. The molecule has 0 aliphatic heterocycles. The molecule has 0 saturated heterocycles. The summed E-state index contributed by atoms with van der Waals surface area (Å²) >= 11 is 0. The van der Waals surface area contributed by atoms with Gasteiger partial charge in [0.25, 0.3) is 0 Å². The number of nitrogens with one attached hydrogen (secondary N) is 1. The van der Waals surface area contributed by atoms with Crippen LogP contribution in [0.2, 0.25) is 0 Å². The number of ether oxygens (including phenoxy) is 1. The number of hydrogen-bond acceptors (Lipinski definition) is 5. The van der Waals surface area contributed by atoms with Crippen LogP contribution in [0.4, 0.5) is 0 Å². The molecule has 0 saturated carbocycles. The smallest absolute Gasteiger partial charge is 0.336 e. The molecule has 7 heteroatoms. The van der Waals surface area contributed by atoms with E-state index in [4.69, 9.17) is 14.1 Å². The van der Waals surface area contributed by atoms with Crippen molar-refractivity contribution in [1.29, 1.82) is 0 Å². The van der Waals surface area contributed by atoms with Crippen LogP contribution < -0.4 is 15.7 Å². The average Bonchev–Trinajstić information content (AvgIpc) is 3.14. The van der Waals surface area contributed by atoms with E-state index in [2.05, 4.69) is 23.7 Å². The van der Waals surface area contributed by atoms with Gasteiger partial charge in [0.15, 0.2) is 0 Å². The van der Waals surface area contributed by atoms with E-state index in [1.807, 2.05) is 37.3 Å². The fraction of sp³-hybridized carbons (Fsp3) is 0.320. The Morgan fingerprint density at radius 1 is 1.22 bits per heavy atom. The summed E-state index contributed by atoms with van der Waals surface area (Å²) in [5.74, 6) is 1.37. The molecule has 4 aromatic rings. The first kappa shape index (κ1) is 21.6. The predicted molar refractivity (Wildman–Crippen MR) is 124 cm³/mol. The summed E-state index contributed by atoms with van der Waals surface area (Å²) in [6.07, 6.45) is 0.809. The zero-order valence-corrected chi connectivity index (χ0v) is 18.8. The van der Waals surface area contributed by atoms with Crippen molar-refractivity contribution >= 4 is 27.9 Å². The zero-order valence-electron chi connectivity index (χ0n) is 18.8. The lowest BCUT2D eigenvalue weighted by Gasteiger charge is -2.14. The quantitative estimate of drug-likeness (QED) is 0.440. The third-order valence-electron chi connectivity index (χ3n) is 5.60. The van der Waals surface area contributed by atoms with Gasteiger partial charge in [0.05, 0.1) is 24.7 Å². The third-order valence-corrected chi connectivity index (χ3v) is 5.60. The highest BCUT2D eigenvalue weighted by Gasteiger charge is 2.15. The molecular formula is C25H27N3O4. The lowest BCUT2D eigenvalue weighted by Crippen LogP contribution is -2.25. The van der Waals surface area contributed by atoms with Gasteiger partial charge in [-0.3, -0.25) is 4.79 Å². The monoisotopic (exact) mass is 433 g/mol. The fourth-order valence-corrected chi connectivity index (χ4v) is 4.09. The van der Waals surface area contributed by atoms with E-state index in [9.17, 15) is 9.59 Å². The summed E-state index contributed by atoms with van der Waals surface area (Å²) in [6.45, 7) is 6.44. The van der Waals surface area contributed by atoms with Crippen molar-refractivity contribution in [2.75, 3.05) is 7.11 Å². The standard InChI is InChI=1S/C25H27N3O4/c1-15(2)28-20-8-6-5-7-19(20)27-23(28)14-26-24(29)10-9-17-12-18-16(3)11-25(30)32-22(18)13-21(17)31-4/h5-8,11-13,15H,9-10,14H2,1-4H3,(H,26,29). The van der Waals surface area contributed by atoms with Gasteiger partial charge in [-0.05, 0) is 56.5 Å². The maximum absolute atomic E-state index is 12.6. The van der Waals surface area contributed by atoms with Crippen LogP contribution in [0.5, 0.6) is 5.75 Å². The van der Waals surface area contributed by atoms with E-state index in [0.29, 0.717) is 30.7 Å². The Bertz CT molecular complexity index is 1350. The maximum atomic E-state index is 12.6. The van der Waals surface area contributed by atoms with E-state index >= 15 is 0 Å². The number of aryl methyl sites for hydroxylation is 2. The van der Waals surface area contributed by atoms with Crippen molar-refractivity contribution in [2.45, 2.75) is 46.2 Å². The fourth-order valence-electron chi connectivity index (χ4n) is 4.09. The molecule has 166 valence electrons. The molecule has 4 rings (SSSR count). The van der Waals surface area contributed by atoms with E-state index in [0.717, 1.165) is 33.4 Å². The highest BCUT2D eigenvalue weighted by atomic mass is 16.5. The predicted octanol–water partition coefficient (Wildman–Crippen LogP) is 4.29. The number of nitrogens with zero attached hydrogens (tertiary/aromatic N) is 2. The molecule has 0 radical (unpaired) electrons. The molecule has 0 spiro atoms. The molecule has 0 atom stereocenters. The Hall–Kier alpha value is -3.61. The van der Waals surface area contributed by atoms with Gasteiger partial charge in [0.2, 0.25) is 5.91 Å². The topological polar surface area (TPSA) is 86.4 Å². The normalized spacial score (nSPS) is 11.4. The van der Waals surface area contributed by atoms with Crippen LogP contribution in [0.15, 0.2) is 51.7 Å². The van der Waals surface area contributed by atoms with Gasteiger partial charge in [-0.25, -0.2) is 9.78 Å². The van der Waals surface area contributed by atoms with Crippen LogP contribution in [-0.2, 0) is 17.8 Å². The van der Waals surface area contributed by atoms with E-state index < -0.39 is 5.63 Å². The summed E-state index contributed by atoms with van der Waals surface area (Å²) in [5.41, 5.74) is 3.80. The van der Waals surface area contributed by atoms with E-state index in [-0.39, 0.29) is 11.9 Å². The molecule has 2 aromatic carbocycles. The van der Waals surface area contributed by atoms with Crippen molar-refractivity contribution < 1.29 is 13.9 Å². The Morgan fingerprint density at radius 3 is 2.75 bits per heavy atom. The molecule has 0 aliphatic rings. The third kappa shape index (κ3) is 4.23. The number of imidazole rings is 1. The van der Waals surface area contributed by atoms with Gasteiger partial charge < -0.3 is 19.0 Å². The van der Waals surface area contributed by atoms with Gasteiger partial charge in [-0.15, -0.1) is 0 Å². The Labute approximate surface area is 186 Å². The first-order valence-corrected chi connectivity index (χ1v) is 10.7. The molecule has 0 fully saturated rings. The number of amides is 1. The van der Waals surface area contributed by atoms with Gasteiger partial charge in [-0.1, -0.05) is 12.1 Å². The van der Waals surface area contributed by atoms with Crippen molar-refractivity contribution in [1.82, 2.24) is 14.9 Å². The minimum atomic E-state index is -0.392. The van der Waals surface area contributed by atoms with Crippen LogP contribution >= 0.6 is 0 Å². The molecule has 7 nitrogen and oxygen atoms in total. The van der Waals surface area contributed by atoms with Gasteiger partial charge >= 0.3 is 5.63 Å². The SMILES string of the molecule is COc1cc2oc(=O)cc(C)c2cc1CCC(=O)NCc1nc2ccccc2n1C(C)C. The molecule has 0 aliphatic carbocycles. The van der Waals surface area contributed by atoms with Crippen LogP contribution in [0, 0.1) is 6.92 Å². The number of para-hydroxylation sites is 2. The van der Waals surface area contributed by atoms with Crippen molar-refractivity contribution in [3.8, 4) is 5.75 Å². The van der Waals surface area contributed by atoms with Crippen LogP contribution in [0.25, 0.3) is 22.0 Å². The van der Waals surface area contributed by atoms with Crippen molar-refractivity contribution in [3.63, 3.8) is 0 Å². The highest BCUT2D eigenvalue weighted by molar-refractivity contribution is 5.83. The zero-order chi connectivity index (χ0) is 22.8. The number of carbonyl (C=O) groups excluding carboxylic acids is 1. The lowest BCUT2D eigenvalue weighted by atomic mass is 10.0. The number of aromatic nitrogens is 2. The van der Waals surface area contributed by atoms with Crippen LogP contribution in [-0.4, -0.2) is 22.6 Å². The van der Waals surface area contributed by atoms with Gasteiger partial charge in [0, 0.05) is 30.0 Å². The maximum Gasteiger partial charge on any atom is 0.336 e. The average molecular weight is 434 g/mol. The second-order valence-electron chi connectivity index (χ2n) is 8.17. The molecule has 2 heterocycles. The largest absolute Gasteiger partial charge is 0.496 e. The van der Waals surface area contributed by atoms with E-state index in [1.54, 1.807) is 13.2 Å². The summed E-state index contributed by atoms with van der Waals surface area (Å²) in [4.78, 5) is 29.0. The Balaban J connectivity index is 1.48. The molecule has 32 heavy (non-hydrogen) atoms. The first-order chi connectivity index (χ1) is 15.4. The molecule has 0 unspecified atom stereocenters. The van der Waals surface area contributed by atoms with Gasteiger partial charge in [-0.2, -0.15) is 0 Å². The highest BCUT2D eigenvalue weighted by Crippen LogP contribution is 2.28. The Morgan fingerprint density at radius 2 is 2.00 bits per heavy atom. The molecule has 1 N–H and O–H groups in total. The first-order valence-electron chi connectivity index (χ1n) is 10.7. The van der Waals surface area contributed by atoms with Crippen LogP contribution in [0.3, 0.4) is 0 Å². The number of carbonyl (C=O) groups is 1. The van der Waals surface area contributed by atoms with Crippen LogP contribution in [0.1, 0.15) is 43.3 Å². The number of benzene rings is 2. The number of methoxy groups -OCH3 is 1. The Kier molecular flexibility index (Phi) is 5.99. The minimum absolute atomic E-state index is 0.0640. The number of hydrogen-bond donors (Lipinski definition) is 1. The lowest BCUT2D eigenvalue weighted by molar-refractivity contribution is -0.121. The minimum Gasteiger partial charge on any atom is -0.496 e. The molecule has 0 bridgehead atoms.